The second-order valence-electron chi connectivity index (χ2n) is 5.78. The third-order valence-corrected chi connectivity index (χ3v) is 3.69. The highest BCUT2D eigenvalue weighted by Gasteiger charge is 2.15. The highest BCUT2D eigenvalue weighted by molar-refractivity contribution is 5.40. The minimum Gasteiger partial charge on any atom is -0.497 e. The summed E-state index contributed by atoms with van der Waals surface area (Å²) >= 11 is 0. The van der Waals surface area contributed by atoms with Gasteiger partial charge >= 0.3 is 0 Å². The molecule has 0 radical (unpaired) electrons. The van der Waals surface area contributed by atoms with E-state index in [1.54, 1.807) is 7.11 Å². The van der Waals surface area contributed by atoms with E-state index in [0.717, 1.165) is 43.1 Å². The molecular formula is C17H27NO3. The van der Waals surface area contributed by atoms with Crippen LogP contribution in [0.25, 0.3) is 0 Å². The zero-order valence-electron chi connectivity index (χ0n) is 13.4. The molecule has 1 heterocycles. The van der Waals surface area contributed by atoms with E-state index in [2.05, 4.69) is 19.2 Å². The van der Waals surface area contributed by atoms with Gasteiger partial charge in [-0.05, 0) is 31.0 Å². The van der Waals surface area contributed by atoms with E-state index in [1.165, 1.54) is 6.42 Å². The van der Waals surface area contributed by atoms with Crippen molar-refractivity contribution in [3.05, 3.63) is 23.8 Å². The van der Waals surface area contributed by atoms with Crippen LogP contribution in [-0.2, 0) is 11.3 Å². The third-order valence-electron chi connectivity index (χ3n) is 3.69. The van der Waals surface area contributed by atoms with E-state index in [-0.39, 0.29) is 0 Å². The Morgan fingerprint density at radius 3 is 2.90 bits per heavy atom. The minimum absolute atomic E-state index is 0.375. The minimum atomic E-state index is 0.375. The predicted molar refractivity (Wildman–Crippen MR) is 84.1 cm³/mol. The van der Waals surface area contributed by atoms with Crippen LogP contribution in [0.1, 0.15) is 38.7 Å². The maximum atomic E-state index is 5.96. The van der Waals surface area contributed by atoms with Crippen molar-refractivity contribution in [1.29, 1.82) is 0 Å². The number of hydrogen-bond acceptors (Lipinski definition) is 4. The molecule has 2 rings (SSSR count). The predicted octanol–water partition coefficient (Wildman–Crippen LogP) is 3.14. The number of hydrogen-bond donors (Lipinski definition) is 1. The number of rotatable bonds is 8. The van der Waals surface area contributed by atoms with Crippen LogP contribution < -0.4 is 14.8 Å². The standard InChI is InChI=1S/C17H27NO3/c1-13(2)18-12-14-11-16(19-3)6-7-17(14)21-10-8-15-5-4-9-20-15/h6-7,11,13,15,18H,4-5,8-10,12H2,1-3H3. The molecule has 4 heteroatoms. The van der Waals surface area contributed by atoms with Gasteiger partial charge in [0.2, 0.25) is 0 Å². The zero-order valence-corrected chi connectivity index (χ0v) is 13.4. The summed E-state index contributed by atoms with van der Waals surface area (Å²) in [5.41, 5.74) is 1.13. The topological polar surface area (TPSA) is 39.7 Å². The SMILES string of the molecule is COc1ccc(OCCC2CCCO2)c(CNC(C)C)c1. The maximum Gasteiger partial charge on any atom is 0.124 e. The third kappa shape index (κ3) is 5.21. The summed E-state index contributed by atoms with van der Waals surface area (Å²) in [6.45, 7) is 6.66. The Labute approximate surface area is 127 Å². The van der Waals surface area contributed by atoms with Gasteiger partial charge in [0.25, 0.3) is 0 Å². The van der Waals surface area contributed by atoms with Crippen molar-refractivity contribution in [3.63, 3.8) is 0 Å². The lowest BCUT2D eigenvalue weighted by Gasteiger charge is -2.16. The molecule has 21 heavy (non-hydrogen) atoms. The molecular weight excluding hydrogens is 266 g/mol. The molecule has 1 unspecified atom stereocenters. The Hall–Kier alpha value is -1.26. The molecule has 1 aliphatic heterocycles. The largest absolute Gasteiger partial charge is 0.497 e. The van der Waals surface area contributed by atoms with Crippen molar-refractivity contribution >= 4 is 0 Å². The number of nitrogens with one attached hydrogen (secondary N) is 1. The van der Waals surface area contributed by atoms with Gasteiger partial charge in [-0.15, -0.1) is 0 Å². The monoisotopic (exact) mass is 293 g/mol. The second kappa shape index (κ2) is 8.25. The van der Waals surface area contributed by atoms with Crippen LogP contribution in [0, 0.1) is 0 Å². The van der Waals surface area contributed by atoms with Crippen LogP contribution >= 0.6 is 0 Å². The van der Waals surface area contributed by atoms with Gasteiger partial charge in [0.05, 0.1) is 19.8 Å². The zero-order chi connectivity index (χ0) is 15.1. The first-order valence-corrected chi connectivity index (χ1v) is 7.83. The molecule has 1 saturated heterocycles. The highest BCUT2D eigenvalue weighted by Crippen LogP contribution is 2.25. The van der Waals surface area contributed by atoms with Crippen molar-refractivity contribution in [2.75, 3.05) is 20.3 Å². The Morgan fingerprint density at radius 2 is 2.24 bits per heavy atom. The maximum absolute atomic E-state index is 5.96. The van der Waals surface area contributed by atoms with Gasteiger partial charge in [-0.25, -0.2) is 0 Å². The molecule has 1 aromatic rings. The van der Waals surface area contributed by atoms with Crippen LogP contribution in [0.15, 0.2) is 18.2 Å². The van der Waals surface area contributed by atoms with E-state index >= 15 is 0 Å². The normalized spacial score (nSPS) is 18.2. The summed E-state index contributed by atoms with van der Waals surface area (Å²) in [6.07, 6.45) is 3.67. The molecule has 0 saturated carbocycles. The van der Waals surface area contributed by atoms with Crippen LogP contribution in [-0.4, -0.2) is 32.5 Å². The van der Waals surface area contributed by atoms with E-state index in [1.807, 2.05) is 18.2 Å². The molecule has 1 N–H and O–H groups in total. The van der Waals surface area contributed by atoms with Crippen molar-refractivity contribution in [3.8, 4) is 11.5 Å². The van der Waals surface area contributed by atoms with Gasteiger partial charge in [0.15, 0.2) is 0 Å². The lowest BCUT2D eigenvalue weighted by Crippen LogP contribution is -2.22. The number of methoxy groups -OCH3 is 1. The van der Waals surface area contributed by atoms with Crippen LogP contribution in [0.3, 0.4) is 0 Å². The Morgan fingerprint density at radius 1 is 1.38 bits per heavy atom. The molecule has 0 bridgehead atoms. The molecule has 4 nitrogen and oxygen atoms in total. The number of ether oxygens (including phenoxy) is 3. The molecule has 1 aliphatic rings. The van der Waals surface area contributed by atoms with Crippen LogP contribution in [0.4, 0.5) is 0 Å². The molecule has 118 valence electrons. The van der Waals surface area contributed by atoms with Crippen molar-refractivity contribution in [2.24, 2.45) is 0 Å². The molecule has 1 fully saturated rings. The summed E-state index contributed by atoms with van der Waals surface area (Å²) in [7, 11) is 1.69. The Kier molecular flexibility index (Phi) is 6.33. The first-order chi connectivity index (χ1) is 10.2. The van der Waals surface area contributed by atoms with Gasteiger partial charge in [0.1, 0.15) is 11.5 Å². The van der Waals surface area contributed by atoms with E-state index < -0.39 is 0 Å². The molecule has 0 amide bonds. The molecule has 0 spiro atoms. The average molecular weight is 293 g/mol. The average Bonchev–Trinajstić information content (AvgIpc) is 2.99. The summed E-state index contributed by atoms with van der Waals surface area (Å²) in [5, 5.41) is 3.42. The first kappa shape index (κ1) is 16.1. The molecule has 1 atom stereocenters. The van der Waals surface area contributed by atoms with Gasteiger partial charge in [-0.3, -0.25) is 0 Å². The summed E-state index contributed by atoms with van der Waals surface area (Å²) in [4.78, 5) is 0. The second-order valence-corrected chi connectivity index (χ2v) is 5.78. The first-order valence-electron chi connectivity index (χ1n) is 7.83. The van der Waals surface area contributed by atoms with Gasteiger partial charge < -0.3 is 19.5 Å². The van der Waals surface area contributed by atoms with Crippen LogP contribution in [0.2, 0.25) is 0 Å². The highest BCUT2D eigenvalue weighted by atomic mass is 16.5. The van der Waals surface area contributed by atoms with Crippen molar-refractivity contribution in [1.82, 2.24) is 5.32 Å². The molecule has 1 aromatic carbocycles. The van der Waals surface area contributed by atoms with E-state index in [9.17, 15) is 0 Å². The Bertz CT molecular complexity index is 428. The van der Waals surface area contributed by atoms with Crippen molar-refractivity contribution < 1.29 is 14.2 Å². The van der Waals surface area contributed by atoms with Crippen LogP contribution in [0.5, 0.6) is 11.5 Å². The summed E-state index contributed by atoms with van der Waals surface area (Å²) in [5.74, 6) is 1.80. The smallest absolute Gasteiger partial charge is 0.124 e. The van der Waals surface area contributed by atoms with Gasteiger partial charge in [-0.1, -0.05) is 13.8 Å². The molecule has 0 aromatic heterocycles. The number of benzene rings is 1. The van der Waals surface area contributed by atoms with E-state index in [4.69, 9.17) is 14.2 Å². The van der Waals surface area contributed by atoms with Gasteiger partial charge in [-0.2, -0.15) is 0 Å². The summed E-state index contributed by atoms with van der Waals surface area (Å²) in [6, 6.07) is 6.42. The summed E-state index contributed by atoms with van der Waals surface area (Å²) < 4.78 is 16.9. The van der Waals surface area contributed by atoms with Crippen molar-refractivity contribution in [2.45, 2.75) is 51.8 Å². The fourth-order valence-corrected chi connectivity index (χ4v) is 2.45. The Balaban J connectivity index is 1.92. The lowest BCUT2D eigenvalue weighted by atomic mass is 10.1. The lowest BCUT2D eigenvalue weighted by molar-refractivity contribution is 0.0902. The fourth-order valence-electron chi connectivity index (χ4n) is 2.45. The molecule has 0 aliphatic carbocycles. The quantitative estimate of drug-likeness (QED) is 0.799. The fraction of sp³-hybridized carbons (Fsp3) is 0.647. The van der Waals surface area contributed by atoms with E-state index in [0.29, 0.717) is 18.8 Å². The van der Waals surface area contributed by atoms with Gasteiger partial charge in [0, 0.05) is 31.2 Å².